The van der Waals surface area contributed by atoms with E-state index in [0.717, 1.165) is 53.6 Å². The van der Waals surface area contributed by atoms with Gasteiger partial charge in [0.2, 0.25) is 0 Å². The number of halogens is 1. The van der Waals surface area contributed by atoms with Gasteiger partial charge in [-0.2, -0.15) is 0 Å². The van der Waals surface area contributed by atoms with E-state index in [1.54, 1.807) is 6.92 Å². The summed E-state index contributed by atoms with van der Waals surface area (Å²) in [7, 11) is 0. The summed E-state index contributed by atoms with van der Waals surface area (Å²) in [6.45, 7) is 5.83. The van der Waals surface area contributed by atoms with Gasteiger partial charge >= 0.3 is 5.97 Å². The maximum atomic E-state index is 11.2. The standard InChI is InChI=1S/C10H11BrO.C9H16O2/c1-3-8-9(7(2)12)5-4-6-10(8)11;1-2-7-3-5-8(6-4-7)9(10)11/h4-6H,3H2,1-2H3;7-8H,2-6H2,1H3,(H,10,11). The van der Waals surface area contributed by atoms with E-state index in [9.17, 15) is 9.59 Å². The van der Waals surface area contributed by atoms with Gasteiger partial charge in [0.1, 0.15) is 0 Å². The Morgan fingerprint density at radius 2 is 1.78 bits per heavy atom. The number of hydrogen-bond donors (Lipinski definition) is 1. The van der Waals surface area contributed by atoms with Crippen LogP contribution < -0.4 is 0 Å². The molecule has 0 saturated heterocycles. The van der Waals surface area contributed by atoms with Crippen molar-refractivity contribution in [2.75, 3.05) is 0 Å². The summed E-state index contributed by atoms with van der Waals surface area (Å²) in [5, 5.41) is 8.70. The average Bonchev–Trinajstić information content (AvgIpc) is 2.55. The highest BCUT2D eigenvalue weighted by atomic mass is 79.9. The SMILES string of the molecule is CCC1CCC(C(=O)O)CC1.CCc1c(Br)cccc1C(C)=O. The molecule has 2 rings (SSSR count). The first-order valence-corrected chi connectivity index (χ1v) is 9.21. The van der Waals surface area contributed by atoms with Crippen LogP contribution in [0.2, 0.25) is 0 Å². The van der Waals surface area contributed by atoms with Crippen LogP contribution >= 0.6 is 15.9 Å². The largest absolute Gasteiger partial charge is 0.481 e. The lowest BCUT2D eigenvalue weighted by Crippen LogP contribution is -2.20. The number of carboxylic acid groups (broad SMARTS) is 1. The molecule has 1 aliphatic rings. The van der Waals surface area contributed by atoms with Gasteiger partial charge < -0.3 is 5.11 Å². The van der Waals surface area contributed by atoms with Gasteiger partial charge in [-0.25, -0.2) is 0 Å². The fourth-order valence-electron chi connectivity index (χ4n) is 3.07. The van der Waals surface area contributed by atoms with E-state index >= 15 is 0 Å². The van der Waals surface area contributed by atoms with Crippen molar-refractivity contribution in [1.29, 1.82) is 0 Å². The summed E-state index contributed by atoms with van der Waals surface area (Å²) in [5.41, 5.74) is 1.93. The van der Waals surface area contributed by atoms with Crippen LogP contribution in [0.5, 0.6) is 0 Å². The Morgan fingerprint density at radius 3 is 2.17 bits per heavy atom. The summed E-state index contributed by atoms with van der Waals surface area (Å²) >= 11 is 3.42. The summed E-state index contributed by atoms with van der Waals surface area (Å²) in [5.74, 6) is 0.288. The summed E-state index contributed by atoms with van der Waals surface area (Å²) in [6, 6.07) is 5.72. The maximum absolute atomic E-state index is 11.2. The van der Waals surface area contributed by atoms with Gasteiger partial charge in [0, 0.05) is 10.0 Å². The molecule has 0 aromatic heterocycles. The molecule has 128 valence electrons. The molecule has 1 saturated carbocycles. The highest BCUT2D eigenvalue weighted by Crippen LogP contribution is 2.30. The molecule has 1 aromatic carbocycles. The smallest absolute Gasteiger partial charge is 0.306 e. The Morgan fingerprint density at radius 1 is 1.17 bits per heavy atom. The molecule has 3 nitrogen and oxygen atoms in total. The molecular weight excluding hydrogens is 356 g/mol. The van der Waals surface area contributed by atoms with Gasteiger partial charge in [-0.15, -0.1) is 0 Å². The molecule has 1 N–H and O–H groups in total. The van der Waals surface area contributed by atoms with Gasteiger partial charge in [0.15, 0.2) is 5.78 Å². The Bertz CT molecular complexity index is 531. The van der Waals surface area contributed by atoms with Crippen LogP contribution in [0.1, 0.15) is 68.8 Å². The minimum Gasteiger partial charge on any atom is -0.481 e. The molecule has 0 heterocycles. The molecule has 4 heteroatoms. The first-order chi connectivity index (χ1) is 10.9. The molecule has 0 atom stereocenters. The summed E-state index contributed by atoms with van der Waals surface area (Å²) in [4.78, 5) is 21.7. The normalized spacial score (nSPS) is 20.3. The van der Waals surface area contributed by atoms with E-state index in [1.165, 1.54) is 6.42 Å². The predicted octanol–water partition coefficient (Wildman–Crippen LogP) is 5.50. The lowest BCUT2D eigenvalue weighted by Gasteiger charge is -2.24. The number of Topliss-reactive ketones (excluding diaryl/α,β-unsaturated/α-hetero) is 1. The minimum atomic E-state index is -0.598. The van der Waals surface area contributed by atoms with Crippen LogP contribution in [0.4, 0.5) is 0 Å². The quantitative estimate of drug-likeness (QED) is 0.699. The van der Waals surface area contributed by atoms with Crippen LogP contribution in [0.25, 0.3) is 0 Å². The Balaban J connectivity index is 0.000000231. The second-order valence-electron chi connectivity index (χ2n) is 6.14. The number of carboxylic acids is 1. The molecule has 0 spiro atoms. The van der Waals surface area contributed by atoms with E-state index in [2.05, 4.69) is 22.9 Å². The summed E-state index contributed by atoms with van der Waals surface area (Å²) in [6.07, 6.45) is 6.13. The van der Waals surface area contributed by atoms with Crippen molar-refractivity contribution in [3.63, 3.8) is 0 Å². The first kappa shape index (κ1) is 19.9. The Labute approximate surface area is 147 Å². The zero-order valence-electron chi connectivity index (χ0n) is 14.3. The maximum Gasteiger partial charge on any atom is 0.306 e. The number of benzene rings is 1. The van der Waals surface area contributed by atoms with Crippen molar-refractivity contribution in [2.45, 2.75) is 59.3 Å². The third-order valence-corrected chi connectivity index (χ3v) is 5.37. The van der Waals surface area contributed by atoms with E-state index in [-0.39, 0.29) is 11.7 Å². The van der Waals surface area contributed by atoms with Crippen LogP contribution in [0, 0.1) is 11.8 Å². The molecule has 1 fully saturated rings. The van der Waals surface area contributed by atoms with Crippen molar-refractivity contribution in [2.24, 2.45) is 11.8 Å². The van der Waals surface area contributed by atoms with E-state index in [4.69, 9.17) is 5.11 Å². The molecule has 0 unspecified atom stereocenters. The van der Waals surface area contributed by atoms with Crippen LogP contribution in [0.15, 0.2) is 22.7 Å². The Hall–Kier alpha value is -1.16. The zero-order valence-corrected chi connectivity index (χ0v) is 15.9. The second-order valence-corrected chi connectivity index (χ2v) is 6.99. The van der Waals surface area contributed by atoms with Crippen molar-refractivity contribution < 1.29 is 14.7 Å². The fourth-order valence-corrected chi connectivity index (χ4v) is 3.71. The highest BCUT2D eigenvalue weighted by Gasteiger charge is 2.24. The molecule has 0 radical (unpaired) electrons. The van der Waals surface area contributed by atoms with Crippen molar-refractivity contribution in [3.8, 4) is 0 Å². The lowest BCUT2D eigenvalue weighted by molar-refractivity contribution is -0.143. The number of rotatable bonds is 4. The van der Waals surface area contributed by atoms with Crippen LogP contribution in [-0.2, 0) is 11.2 Å². The third kappa shape index (κ3) is 6.09. The van der Waals surface area contributed by atoms with Crippen molar-refractivity contribution in [1.82, 2.24) is 0 Å². The monoisotopic (exact) mass is 382 g/mol. The van der Waals surface area contributed by atoms with Gasteiger partial charge in [-0.3, -0.25) is 9.59 Å². The molecule has 1 aliphatic carbocycles. The number of carbonyl (C=O) groups excluding carboxylic acids is 1. The highest BCUT2D eigenvalue weighted by molar-refractivity contribution is 9.10. The van der Waals surface area contributed by atoms with E-state index < -0.39 is 5.97 Å². The first-order valence-electron chi connectivity index (χ1n) is 8.41. The van der Waals surface area contributed by atoms with E-state index in [0.29, 0.717) is 0 Å². The molecular formula is C19H27BrO3. The summed E-state index contributed by atoms with van der Waals surface area (Å²) < 4.78 is 1.03. The molecule has 0 amide bonds. The van der Waals surface area contributed by atoms with Crippen molar-refractivity contribution in [3.05, 3.63) is 33.8 Å². The van der Waals surface area contributed by atoms with Gasteiger partial charge in [-0.05, 0) is 56.6 Å². The molecule has 0 aliphatic heterocycles. The van der Waals surface area contributed by atoms with E-state index in [1.807, 2.05) is 25.1 Å². The van der Waals surface area contributed by atoms with Crippen LogP contribution in [-0.4, -0.2) is 16.9 Å². The number of carbonyl (C=O) groups is 2. The number of hydrogen-bond acceptors (Lipinski definition) is 2. The predicted molar refractivity (Wildman–Crippen MR) is 96.9 cm³/mol. The van der Waals surface area contributed by atoms with Gasteiger partial charge in [-0.1, -0.05) is 48.3 Å². The molecule has 23 heavy (non-hydrogen) atoms. The molecule has 1 aromatic rings. The minimum absolute atomic E-state index is 0.0437. The second kappa shape index (κ2) is 9.86. The topological polar surface area (TPSA) is 54.4 Å². The Kier molecular flexibility index (Phi) is 8.53. The van der Waals surface area contributed by atoms with Gasteiger partial charge in [0.25, 0.3) is 0 Å². The van der Waals surface area contributed by atoms with Crippen LogP contribution in [0.3, 0.4) is 0 Å². The number of aliphatic carboxylic acids is 1. The van der Waals surface area contributed by atoms with Gasteiger partial charge in [0.05, 0.1) is 5.92 Å². The van der Waals surface area contributed by atoms with Crippen molar-refractivity contribution >= 4 is 27.7 Å². The average molecular weight is 383 g/mol. The fraction of sp³-hybridized carbons (Fsp3) is 0.579. The number of ketones is 1. The lowest BCUT2D eigenvalue weighted by atomic mass is 9.81. The third-order valence-electron chi connectivity index (χ3n) is 4.63. The molecule has 0 bridgehead atoms. The zero-order chi connectivity index (χ0) is 17.4.